The van der Waals surface area contributed by atoms with Gasteiger partial charge in [-0.3, -0.25) is 4.57 Å². The molecule has 56 heavy (non-hydrogen) atoms. The first-order chi connectivity index (χ1) is 27.8. The van der Waals surface area contributed by atoms with Gasteiger partial charge in [-0.1, -0.05) is 176 Å². The van der Waals surface area contributed by atoms with E-state index in [1.54, 1.807) is 0 Å². The molecule has 0 bridgehead atoms. The molecule has 5 nitrogen and oxygen atoms in total. The monoisotopic (exact) mass is 733 g/mol. The molecule has 0 spiro atoms. The highest BCUT2D eigenvalue weighted by Crippen LogP contribution is 2.31. The molecule has 0 unspecified atom stereocenters. The number of benzene rings is 7. The van der Waals surface area contributed by atoms with Gasteiger partial charge in [-0.05, 0) is 51.1 Å². The number of hydrogen-bond acceptors (Lipinski definition) is 4. The van der Waals surface area contributed by atoms with Crippen molar-refractivity contribution in [1.82, 2.24) is 24.5 Å². The van der Waals surface area contributed by atoms with E-state index < -0.39 is 8.07 Å². The van der Waals surface area contributed by atoms with E-state index in [-0.39, 0.29) is 0 Å². The third-order valence-corrected chi connectivity index (χ3v) is 15.4. The number of pyridine rings is 1. The standard InChI is InChI=1S/C50H35N5Si/c1-6-18-36(19-7-1)47-52-48(37-20-8-2-9-21-37)54-49(53-47)38-22-16-29-42(34-38)56(40-25-12-4-13-26-40,41-27-14-5-15-28-41)43-31-32-46-45(35-43)44-30-17-33-51-50(44)55(46)39-23-10-3-11-24-39/h1-35H. The normalized spacial score (nSPS) is 11.6. The molecule has 0 aliphatic heterocycles. The zero-order valence-corrected chi connectivity index (χ0v) is 31.4. The second-order valence-electron chi connectivity index (χ2n) is 13.9. The second kappa shape index (κ2) is 14.2. The van der Waals surface area contributed by atoms with Crippen molar-refractivity contribution in [2.75, 3.05) is 0 Å². The van der Waals surface area contributed by atoms with Gasteiger partial charge in [0.15, 0.2) is 25.5 Å². The Morgan fingerprint density at radius 2 is 0.839 bits per heavy atom. The molecule has 3 aromatic heterocycles. The van der Waals surface area contributed by atoms with Crippen molar-refractivity contribution < 1.29 is 0 Å². The summed E-state index contributed by atoms with van der Waals surface area (Å²) < 4.78 is 2.28. The van der Waals surface area contributed by atoms with Crippen molar-refractivity contribution in [2.45, 2.75) is 0 Å². The van der Waals surface area contributed by atoms with Crippen molar-refractivity contribution >= 4 is 50.8 Å². The Morgan fingerprint density at radius 3 is 1.43 bits per heavy atom. The van der Waals surface area contributed by atoms with E-state index in [4.69, 9.17) is 19.9 Å². The molecule has 0 saturated heterocycles. The van der Waals surface area contributed by atoms with E-state index in [2.05, 4.69) is 144 Å². The van der Waals surface area contributed by atoms with Crippen molar-refractivity contribution in [2.24, 2.45) is 0 Å². The molecule has 7 aromatic carbocycles. The molecule has 0 amide bonds. The van der Waals surface area contributed by atoms with Crippen LogP contribution in [0.1, 0.15) is 0 Å². The predicted molar refractivity (Wildman–Crippen MR) is 232 cm³/mol. The van der Waals surface area contributed by atoms with E-state index in [0.29, 0.717) is 17.5 Å². The predicted octanol–water partition coefficient (Wildman–Crippen LogP) is 8.74. The van der Waals surface area contributed by atoms with Crippen LogP contribution in [-0.2, 0) is 0 Å². The Labute approximate surface area is 326 Å². The fraction of sp³-hybridized carbons (Fsp3) is 0. The van der Waals surface area contributed by atoms with Gasteiger partial charge in [0.05, 0.1) is 5.52 Å². The zero-order valence-electron chi connectivity index (χ0n) is 30.4. The second-order valence-corrected chi connectivity index (χ2v) is 17.7. The van der Waals surface area contributed by atoms with E-state index in [9.17, 15) is 0 Å². The van der Waals surface area contributed by atoms with Crippen LogP contribution < -0.4 is 20.7 Å². The van der Waals surface area contributed by atoms with Gasteiger partial charge in [0.25, 0.3) is 0 Å². The lowest BCUT2D eigenvalue weighted by Gasteiger charge is -2.34. The zero-order chi connectivity index (χ0) is 37.3. The topological polar surface area (TPSA) is 56.5 Å². The van der Waals surface area contributed by atoms with Crippen LogP contribution in [0.15, 0.2) is 212 Å². The number of aromatic nitrogens is 5. The quantitative estimate of drug-likeness (QED) is 0.116. The summed E-state index contributed by atoms with van der Waals surface area (Å²) in [5.41, 5.74) is 5.98. The highest BCUT2D eigenvalue weighted by atomic mass is 28.3. The molecular formula is C50H35N5Si. The summed E-state index contributed by atoms with van der Waals surface area (Å²) in [4.78, 5) is 20.2. The van der Waals surface area contributed by atoms with Crippen LogP contribution in [-0.4, -0.2) is 32.6 Å². The molecule has 0 atom stereocenters. The first-order valence-corrected chi connectivity index (χ1v) is 20.8. The Morgan fingerprint density at radius 1 is 0.357 bits per heavy atom. The summed E-state index contributed by atoms with van der Waals surface area (Å²) >= 11 is 0. The highest BCUT2D eigenvalue weighted by molar-refractivity contribution is 7.20. The van der Waals surface area contributed by atoms with Crippen LogP contribution in [0.5, 0.6) is 0 Å². The van der Waals surface area contributed by atoms with Gasteiger partial charge in [0.1, 0.15) is 5.65 Å². The molecule has 10 rings (SSSR count). The van der Waals surface area contributed by atoms with Crippen LogP contribution in [0, 0.1) is 0 Å². The van der Waals surface area contributed by atoms with Crippen LogP contribution in [0.4, 0.5) is 0 Å². The van der Waals surface area contributed by atoms with Crippen LogP contribution >= 0.6 is 0 Å². The molecule has 6 heteroatoms. The lowest BCUT2D eigenvalue weighted by Crippen LogP contribution is -2.74. The maximum absolute atomic E-state index is 5.13. The average molecular weight is 734 g/mol. The van der Waals surface area contributed by atoms with Gasteiger partial charge < -0.3 is 0 Å². The molecule has 0 N–H and O–H groups in total. The van der Waals surface area contributed by atoms with Gasteiger partial charge >= 0.3 is 0 Å². The minimum atomic E-state index is -2.99. The van der Waals surface area contributed by atoms with Crippen LogP contribution in [0.25, 0.3) is 61.8 Å². The van der Waals surface area contributed by atoms with E-state index in [1.165, 1.54) is 26.1 Å². The highest BCUT2D eigenvalue weighted by Gasteiger charge is 2.42. The molecule has 3 heterocycles. The van der Waals surface area contributed by atoms with Crippen LogP contribution in [0.2, 0.25) is 0 Å². The maximum Gasteiger partial charge on any atom is 0.179 e. The number of fused-ring (bicyclic) bond motifs is 3. The Kier molecular flexibility index (Phi) is 8.43. The summed E-state index contributed by atoms with van der Waals surface area (Å²) in [7, 11) is -2.99. The largest absolute Gasteiger partial charge is 0.294 e. The van der Waals surface area contributed by atoms with Crippen molar-refractivity contribution in [3.63, 3.8) is 0 Å². The van der Waals surface area contributed by atoms with E-state index in [1.807, 2.05) is 72.9 Å². The van der Waals surface area contributed by atoms with E-state index in [0.717, 1.165) is 38.9 Å². The van der Waals surface area contributed by atoms with Crippen molar-refractivity contribution in [1.29, 1.82) is 0 Å². The Hall–Kier alpha value is -7.28. The minimum Gasteiger partial charge on any atom is -0.294 e. The molecular weight excluding hydrogens is 699 g/mol. The molecule has 0 aliphatic carbocycles. The van der Waals surface area contributed by atoms with Gasteiger partial charge in [-0.15, -0.1) is 0 Å². The first kappa shape index (κ1) is 33.3. The lowest BCUT2D eigenvalue weighted by molar-refractivity contribution is 1.07. The maximum atomic E-state index is 5.13. The molecule has 264 valence electrons. The minimum absolute atomic E-state index is 0.635. The van der Waals surface area contributed by atoms with Gasteiger partial charge in [-0.2, -0.15) is 0 Å². The lowest BCUT2D eigenvalue weighted by atomic mass is 10.1. The average Bonchev–Trinajstić information content (AvgIpc) is 3.62. The third-order valence-electron chi connectivity index (χ3n) is 10.6. The third kappa shape index (κ3) is 5.71. The van der Waals surface area contributed by atoms with Crippen LogP contribution in [0.3, 0.4) is 0 Å². The summed E-state index contributed by atoms with van der Waals surface area (Å²) in [6.45, 7) is 0. The molecule has 0 fully saturated rings. The smallest absolute Gasteiger partial charge is 0.179 e. The van der Waals surface area contributed by atoms with E-state index >= 15 is 0 Å². The number of rotatable bonds is 8. The molecule has 0 saturated carbocycles. The fourth-order valence-electron chi connectivity index (χ4n) is 8.12. The van der Waals surface area contributed by atoms with Crippen molar-refractivity contribution in [3.8, 4) is 39.9 Å². The SMILES string of the molecule is c1ccc(-c2nc(-c3ccccc3)nc(-c3cccc([Si](c4ccccc4)(c4ccccc4)c4ccc5c(c4)c4cccnc4n5-c4ccccc4)c3)n2)cc1. The van der Waals surface area contributed by atoms with Gasteiger partial charge in [-0.25, -0.2) is 19.9 Å². The summed E-state index contributed by atoms with van der Waals surface area (Å²) in [5.74, 6) is 1.92. The summed E-state index contributed by atoms with van der Waals surface area (Å²) in [6, 6.07) is 73.1. The number of nitrogens with zero attached hydrogens (tertiary/aromatic N) is 5. The van der Waals surface area contributed by atoms with Gasteiger partial charge in [0.2, 0.25) is 0 Å². The molecule has 0 radical (unpaired) electrons. The Bertz CT molecular complexity index is 2860. The Balaban J connectivity index is 1.24. The van der Waals surface area contributed by atoms with Gasteiger partial charge in [0, 0.05) is 39.3 Å². The molecule has 10 aromatic rings. The fourth-order valence-corrected chi connectivity index (χ4v) is 12.9. The summed E-state index contributed by atoms with van der Waals surface area (Å²) in [6.07, 6.45) is 1.88. The van der Waals surface area contributed by atoms with Crippen molar-refractivity contribution in [3.05, 3.63) is 212 Å². The first-order valence-electron chi connectivity index (χ1n) is 18.8. The number of hydrogen-bond donors (Lipinski definition) is 0. The molecule has 0 aliphatic rings. The summed E-state index contributed by atoms with van der Waals surface area (Å²) in [5, 5.41) is 7.39. The number of para-hydroxylation sites is 1.